The lowest BCUT2D eigenvalue weighted by molar-refractivity contribution is -0.151. The minimum absolute atomic E-state index is 0.0000777. The number of benzene rings is 1. The molecule has 5 nitrogen and oxygen atoms in total. The Bertz CT molecular complexity index is 556. The first-order valence-corrected chi connectivity index (χ1v) is 8.75. The molecule has 5 heteroatoms. The molecule has 132 valence electrons. The predicted octanol–water partition coefficient (Wildman–Crippen LogP) is 2.27. The molecule has 1 aliphatic rings. The summed E-state index contributed by atoms with van der Waals surface area (Å²) in [5, 5.41) is 2.99. The van der Waals surface area contributed by atoms with Gasteiger partial charge in [0, 0.05) is 13.1 Å². The van der Waals surface area contributed by atoms with Crippen molar-refractivity contribution < 1.29 is 14.3 Å². The fourth-order valence-electron chi connectivity index (χ4n) is 3.02. The Morgan fingerprint density at radius 1 is 1.33 bits per heavy atom. The number of ether oxygens (including phenoxy) is 1. The van der Waals surface area contributed by atoms with Gasteiger partial charge in [0.15, 0.2) is 0 Å². The van der Waals surface area contributed by atoms with Crippen LogP contribution >= 0.6 is 0 Å². The van der Waals surface area contributed by atoms with Crippen molar-refractivity contribution in [3.8, 4) is 0 Å². The van der Waals surface area contributed by atoms with Crippen molar-refractivity contribution in [2.24, 2.45) is 5.92 Å². The maximum Gasteiger partial charge on any atom is 0.310 e. The van der Waals surface area contributed by atoms with Gasteiger partial charge in [0.2, 0.25) is 5.91 Å². The van der Waals surface area contributed by atoms with E-state index >= 15 is 0 Å². The van der Waals surface area contributed by atoms with Crippen molar-refractivity contribution in [3.63, 3.8) is 0 Å². The smallest absolute Gasteiger partial charge is 0.310 e. The summed E-state index contributed by atoms with van der Waals surface area (Å²) in [6.07, 6.45) is 1.76. The van der Waals surface area contributed by atoms with Crippen LogP contribution in [0.4, 0.5) is 0 Å². The third kappa shape index (κ3) is 5.06. The van der Waals surface area contributed by atoms with Gasteiger partial charge in [-0.1, -0.05) is 29.8 Å². The van der Waals surface area contributed by atoms with Crippen molar-refractivity contribution in [1.82, 2.24) is 10.2 Å². The zero-order chi connectivity index (χ0) is 17.5. The van der Waals surface area contributed by atoms with E-state index in [1.807, 2.05) is 45.0 Å². The number of likely N-dealkylation sites (tertiary alicyclic amines) is 1. The van der Waals surface area contributed by atoms with Crippen LogP contribution in [-0.4, -0.2) is 42.5 Å². The Kier molecular flexibility index (Phi) is 6.79. The van der Waals surface area contributed by atoms with Gasteiger partial charge in [-0.3, -0.25) is 14.5 Å². The lowest BCUT2D eigenvalue weighted by atomic mass is 9.97. The summed E-state index contributed by atoms with van der Waals surface area (Å²) in [5.74, 6) is -0.263. The van der Waals surface area contributed by atoms with Crippen molar-refractivity contribution in [2.75, 3.05) is 19.7 Å². The normalized spacial score (nSPS) is 19.5. The molecule has 1 aliphatic heterocycles. The second kappa shape index (κ2) is 8.83. The molecule has 1 saturated heterocycles. The Labute approximate surface area is 144 Å². The van der Waals surface area contributed by atoms with Gasteiger partial charge in [0.05, 0.1) is 18.6 Å². The van der Waals surface area contributed by atoms with Crippen molar-refractivity contribution in [2.45, 2.75) is 46.2 Å². The van der Waals surface area contributed by atoms with Crippen LogP contribution in [0.25, 0.3) is 0 Å². The summed E-state index contributed by atoms with van der Waals surface area (Å²) in [7, 11) is 0. The van der Waals surface area contributed by atoms with Gasteiger partial charge >= 0.3 is 5.97 Å². The third-order valence-corrected chi connectivity index (χ3v) is 4.59. The van der Waals surface area contributed by atoms with Gasteiger partial charge in [-0.25, -0.2) is 0 Å². The highest BCUT2D eigenvalue weighted by Gasteiger charge is 2.31. The van der Waals surface area contributed by atoms with Crippen LogP contribution in [0.2, 0.25) is 0 Å². The second-order valence-electron chi connectivity index (χ2n) is 6.47. The van der Waals surface area contributed by atoms with Crippen LogP contribution in [0.15, 0.2) is 24.3 Å². The Balaban J connectivity index is 1.85. The SMILES string of the molecule is CCOC(=O)[C@@H]1CCCN([C@@H](C)C(=O)NCc2ccc(C)cc2)C1. The summed E-state index contributed by atoms with van der Waals surface area (Å²) in [6, 6.07) is 7.89. The zero-order valence-electron chi connectivity index (χ0n) is 14.9. The molecule has 1 heterocycles. The van der Waals surface area contributed by atoms with Crippen LogP contribution in [0.3, 0.4) is 0 Å². The molecule has 1 aromatic rings. The highest BCUT2D eigenvalue weighted by molar-refractivity contribution is 5.81. The number of piperidine rings is 1. The highest BCUT2D eigenvalue weighted by atomic mass is 16.5. The number of nitrogens with one attached hydrogen (secondary N) is 1. The average molecular weight is 332 g/mol. The number of nitrogens with zero attached hydrogens (tertiary/aromatic N) is 1. The third-order valence-electron chi connectivity index (χ3n) is 4.59. The molecular weight excluding hydrogens is 304 g/mol. The van der Waals surface area contributed by atoms with E-state index in [-0.39, 0.29) is 23.8 Å². The lowest BCUT2D eigenvalue weighted by Gasteiger charge is -2.35. The quantitative estimate of drug-likeness (QED) is 0.812. The number of esters is 1. The van der Waals surface area contributed by atoms with Gasteiger partial charge in [-0.15, -0.1) is 0 Å². The molecule has 2 rings (SSSR count). The van der Waals surface area contributed by atoms with E-state index < -0.39 is 0 Å². The highest BCUT2D eigenvalue weighted by Crippen LogP contribution is 2.20. The summed E-state index contributed by atoms with van der Waals surface area (Å²) in [6.45, 7) is 8.13. The number of carbonyl (C=O) groups excluding carboxylic acids is 2. The number of hydrogen-bond donors (Lipinski definition) is 1. The van der Waals surface area contributed by atoms with E-state index in [1.165, 1.54) is 5.56 Å². The van der Waals surface area contributed by atoms with Crippen LogP contribution in [0.5, 0.6) is 0 Å². The Morgan fingerprint density at radius 3 is 2.71 bits per heavy atom. The number of hydrogen-bond acceptors (Lipinski definition) is 4. The predicted molar refractivity (Wildman–Crippen MR) is 93.4 cm³/mol. The maximum atomic E-state index is 12.4. The molecular formula is C19H28N2O3. The van der Waals surface area contributed by atoms with Crippen molar-refractivity contribution in [3.05, 3.63) is 35.4 Å². The molecule has 24 heavy (non-hydrogen) atoms. The van der Waals surface area contributed by atoms with Gasteiger partial charge in [-0.2, -0.15) is 0 Å². The van der Waals surface area contributed by atoms with E-state index in [0.717, 1.165) is 24.9 Å². The molecule has 0 saturated carbocycles. The molecule has 2 atom stereocenters. The van der Waals surface area contributed by atoms with Crippen LogP contribution in [0, 0.1) is 12.8 Å². The van der Waals surface area contributed by atoms with Crippen LogP contribution in [0.1, 0.15) is 37.8 Å². The molecule has 0 unspecified atom stereocenters. The molecule has 1 aromatic carbocycles. The van der Waals surface area contributed by atoms with Gasteiger partial charge in [0.25, 0.3) is 0 Å². The molecule has 0 aliphatic carbocycles. The summed E-state index contributed by atoms with van der Waals surface area (Å²) < 4.78 is 5.12. The lowest BCUT2D eigenvalue weighted by Crippen LogP contribution is -2.50. The average Bonchev–Trinajstić information content (AvgIpc) is 2.60. The first-order chi connectivity index (χ1) is 11.5. The number of aryl methyl sites for hydroxylation is 1. The number of carbonyl (C=O) groups is 2. The fourth-order valence-corrected chi connectivity index (χ4v) is 3.02. The minimum Gasteiger partial charge on any atom is -0.466 e. The monoisotopic (exact) mass is 332 g/mol. The first-order valence-electron chi connectivity index (χ1n) is 8.75. The van der Waals surface area contributed by atoms with Crippen LogP contribution in [-0.2, 0) is 20.9 Å². The van der Waals surface area contributed by atoms with Gasteiger partial charge < -0.3 is 10.1 Å². The van der Waals surface area contributed by atoms with Gasteiger partial charge in [-0.05, 0) is 45.7 Å². The first kappa shape index (κ1) is 18.5. The summed E-state index contributed by atoms with van der Waals surface area (Å²) in [5.41, 5.74) is 2.29. The maximum absolute atomic E-state index is 12.4. The van der Waals surface area contributed by atoms with E-state index in [1.54, 1.807) is 0 Å². The molecule has 1 N–H and O–H groups in total. The minimum atomic E-state index is -0.243. The summed E-state index contributed by atoms with van der Waals surface area (Å²) in [4.78, 5) is 26.4. The fraction of sp³-hybridized carbons (Fsp3) is 0.579. The standard InChI is InChI=1S/C19H28N2O3/c1-4-24-19(23)17-6-5-11-21(13-17)15(3)18(22)20-12-16-9-7-14(2)8-10-16/h7-10,15,17H,4-6,11-13H2,1-3H3,(H,20,22)/t15-,17+/m0/s1. The van der Waals surface area contributed by atoms with Crippen molar-refractivity contribution in [1.29, 1.82) is 0 Å². The molecule has 0 spiro atoms. The topological polar surface area (TPSA) is 58.6 Å². The second-order valence-corrected chi connectivity index (χ2v) is 6.47. The van der Waals surface area contributed by atoms with E-state index in [0.29, 0.717) is 19.7 Å². The molecule has 1 fully saturated rings. The van der Waals surface area contributed by atoms with E-state index in [4.69, 9.17) is 4.74 Å². The number of amides is 1. The molecule has 0 radical (unpaired) electrons. The molecule has 0 aromatic heterocycles. The molecule has 0 bridgehead atoms. The zero-order valence-corrected chi connectivity index (χ0v) is 14.9. The Morgan fingerprint density at radius 2 is 2.04 bits per heavy atom. The van der Waals surface area contributed by atoms with E-state index in [2.05, 4.69) is 10.2 Å². The van der Waals surface area contributed by atoms with Crippen molar-refractivity contribution >= 4 is 11.9 Å². The van der Waals surface area contributed by atoms with Gasteiger partial charge in [0.1, 0.15) is 0 Å². The van der Waals surface area contributed by atoms with E-state index in [9.17, 15) is 9.59 Å². The molecule has 1 amide bonds. The largest absolute Gasteiger partial charge is 0.466 e. The summed E-state index contributed by atoms with van der Waals surface area (Å²) >= 11 is 0. The number of rotatable bonds is 6. The van der Waals surface area contributed by atoms with Crippen LogP contribution < -0.4 is 5.32 Å². The Hall–Kier alpha value is -1.88.